The van der Waals surface area contributed by atoms with Crippen LogP contribution in [0.2, 0.25) is 0 Å². The summed E-state index contributed by atoms with van der Waals surface area (Å²) in [5.74, 6) is -1.05. The van der Waals surface area contributed by atoms with Gasteiger partial charge in [-0.1, -0.05) is 19.1 Å². The fraction of sp³-hybridized carbons (Fsp3) is 0.235. The Morgan fingerprint density at radius 2 is 1.80 bits per heavy atom. The van der Waals surface area contributed by atoms with Gasteiger partial charge in [-0.2, -0.15) is 0 Å². The highest BCUT2D eigenvalue weighted by Gasteiger charge is 2.19. The molecular formula is C17H19FN2O4S. The van der Waals surface area contributed by atoms with Crippen LogP contribution in [0.4, 0.5) is 10.1 Å². The molecule has 0 saturated heterocycles. The number of aliphatic hydroxyl groups excluding tert-OH is 1. The number of halogens is 1. The highest BCUT2D eigenvalue weighted by atomic mass is 32.2. The van der Waals surface area contributed by atoms with E-state index in [-0.39, 0.29) is 22.8 Å². The second-order valence-corrected chi connectivity index (χ2v) is 7.05. The molecule has 0 aliphatic heterocycles. The molecule has 0 aromatic heterocycles. The van der Waals surface area contributed by atoms with Crippen LogP contribution in [-0.4, -0.2) is 32.1 Å². The summed E-state index contributed by atoms with van der Waals surface area (Å²) >= 11 is 0. The minimum atomic E-state index is -3.97. The average molecular weight is 366 g/mol. The minimum Gasteiger partial charge on any atom is -0.394 e. The molecule has 0 spiro atoms. The lowest BCUT2D eigenvalue weighted by Crippen LogP contribution is -2.37. The van der Waals surface area contributed by atoms with Gasteiger partial charge in [0.15, 0.2) is 0 Å². The van der Waals surface area contributed by atoms with E-state index in [2.05, 4.69) is 10.0 Å². The van der Waals surface area contributed by atoms with Crippen molar-refractivity contribution in [2.24, 2.45) is 0 Å². The van der Waals surface area contributed by atoms with Gasteiger partial charge in [0.1, 0.15) is 5.82 Å². The standard InChI is InChI=1S/C17H19FN2O4S/c1-2-13(11-21)19-17(22)15-5-3-4-6-16(15)20-25(23,24)14-9-7-12(18)8-10-14/h3-10,13,20-21H,2,11H2,1H3,(H,19,22)/t13-/m0/s1. The van der Waals surface area contributed by atoms with Crippen molar-refractivity contribution in [2.75, 3.05) is 11.3 Å². The van der Waals surface area contributed by atoms with Gasteiger partial charge in [0.2, 0.25) is 0 Å². The molecule has 2 aromatic carbocycles. The number of aliphatic hydroxyl groups is 1. The van der Waals surface area contributed by atoms with E-state index in [9.17, 15) is 22.7 Å². The van der Waals surface area contributed by atoms with Crippen LogP contribution in [0.15, 0.2) is 53.4 Å². The summed E-state index contributed by atoms with van der Waals surface area (Å²) in [6.07, 6.45) is 0.533. The first kappa shape index (κ1) is 18.9. The van der Waals surface area contributed by atoms with Crippen molar-refractivity contribution < 1.29 is 22.7 Å². The van der Waals surface area contributed by atoms with Crippen LogP contribution < -0.4 is 10.0 Å². The molecule has 6 nitrogen and oxygen atoms in total. The highest BCUT2D eigenvalue weighted by Crippen LogP contribution is 2.20. The normalized spacial score (nSPS) is 12.4. The summed E-state index contributed by atoms with van der Waals surface area (Å²) in [6.45, 7) is 1.59. The van der Waals surface area contributed by atoms with Crippen molar-refractivity contribution in [2.45, 2.75) is 24.3 Å². The second kappa shape index (κ2) is 8.09. The van der Waals surface area contributed by atoms with Gasteiger partial charge in [0, 0.05) is 0 Å². The van der Waals surface area contributed by atoms with E-state index in [1.807, 2.05) is 6.92 Å². The van der Waals surface area contributed by atoms with Crippen LogP contribution in [0.3, 0.4) is 0 Å². The topological polar surface area (TPSA) is 95.5 Å². The third-order valence-electron chi connectivity index (χ3n) is 3.59. The Balaban J connectivity index is 2.28. The van der Waals surface area contributed by atoms with E-state index in [0.29, 0.717) is 6.42 Å². The molecule has 0 unspecified atom stereocenters. The lowest BCUT2D eigenvalue weighted by molar-refractivity contribution is 0.0916. The molecule has 2 rings (SSSR count). The van der Waals surface area contributed by atoms with Crippen molar-refractivity contribution in [3.05, 3.63) is 59.9 Å². The van der Waals surface area contributed by atoms with E-state index in [1.165, 1.54) is 12.1 Å². The Kier molecular flexibility index (Phi) is 6.11. The van der Waals surface area contributed by atoms with Crippen LogP contribution >= 0.6 is 0 Å². The fourth-order valence-electron chi connectivity index (χ4n) is 2.13. The zero-order valence-corrected chi connectivity index (χ0v) is 14.4. The number of hydrogen-bond donors (Lipinski definition) is 3. The van der Waals surface area contributed by atoms with Crippen LogP contribution in [0.25, 0.3) is 0 Å². The number of para-hydroxylation sites is 1. The van der Waals surface area contributed by atoms with E-state index in [1.54, 1.807) is 12.1 Å². The SMILES string of the molecule is CC[C@@H](CO)NC(=O)c1ccccc1NS(=O)(=O)c1ccc(F)cc1. The molecule has 0 bridgehead atoms. The molecule has 25 heavy (non-hydrogen) atoms. The third kappa shape index (κ3) is 4.77. The third-order valence-corrected chi connectivity index (χ3v) is 4.97. The van der Waals surface area contributed by atoms with Crippen LogP contribution in [0, 0.1) is 5.82 Å². The lowest BCUT2D eigenvalue weighted by Gasteiger charge is -2.16. The quantitative estimate of drug-likeness (QED) is 0.699. The molecule has 0 radical (unpaired) electrons. The molecule has 134 valence electrons. The molecule has 3 N–H and O–H groups in total. The van der Waals surface area contributed by atoms with Gasteiger partial charge in [0.05, 0.1) is 28.8 Å². The molecule has 0 aliphatic rings. The van der Waals surface area contributed by atoms with Crippen molar-refractivity contribution in [1.29, 1.82) is 0 Å². The summed E-state index contributed by atoms with van der Waals surface area (Å²) in [4.78, 5) is 12.2. The van der Waals surface area contributed by atoms with Gasteiger partial charge in [-0.15, -0.1) is 0 Å². The maximum absolute atomic E-state index is 13.0. The monoisotopic (exact) mass is 366 g/mol. The maximum Gasteiger partial charge on any atom is 0.261 e. The van der Waals surface area contributed by atoms with Crippen molar-refractivity contribution >= 4 is 21.6 Å². The molecule has 0 heterocycles. The Hall–Kier alpha value is -2.45. The van der Waals surface area contributed by atoms with Gasteiger partial charge in [-0.25, -0.2) is 12.8 Å². The van der Waals surface area contributed by atoms with E-state index < -0.39 is 27.8 Å². The maximum atomic E-state index is 13.0. The predicted octanol–water partition coefficient (Wildman–Crippen LogP) is 2.13. The Morgan fingerprint density at radius 3 is 2.40 bits per heavy atom. The van der Waals surface area contributed by atoms with E-state index in [4.69, 9.17) is 0 Å². The highest BCUT2D eigenvalue weighted by molar-refractivity contribution is 7.92. The molecule has 8 heteroatoms. The zero-order chi connectivity index (χ0) is 18.4. The number of amides is 1. The number of sulfonamides is 1. The van der Waals surface area contributed by atoms with Gasteiger partial charge in [-0.05, 0) is 42.8 Å². The summed E-state index contributed by atoms with van der Waals surface area (Å²) in [6, 6.07) is 10.1. The second-order valence-electron chi connectivity index (χ2n) is 5.37. The summed E-state index contributed by atoms with van der Waals surface area (Å²) in [5.41, 5.74) is 0.220. The summed E-state index contributed by atoms with van der Waals surface area (Å²) < 4.78 is 40.1. The van der Waals surface area contributed by atoms with Crippen molar-refractivity contribution in [3.8, 4) is 0 Å². The number of nitrogens with one attached hydrogen (secondary N) is 2. The number of benzene rings is 2. The van der Waals surface area contributed by atoms with E-state index >= 15 is 0 Å². The smallest absolute Gasteiger partial charge is 0.261 e. The largest absolute Gasteiger partial charge is 0.394 e. The number of anilines is 1. The minimum absolute atomic E-state index is 0.0946. The predicted molar refractivity (Wildman–Crippen MR) is 92.3 cm³/mol. The molecule has 1 amide bonds. The first-order chi connectivity index (χ1) is 11.9. The molecule has 1 atom stereocenters. The number of rotatable bonds is 7. The Bertz CT molecular complexity index is 834. The molecule has 0 fully saturated rings. The Labute approximate surface area is 145 Å². The average Bonchev–Trinajstić information content (AvgIpc) is 2.60. The number of carbonyl (C=O) groups excluding carboxylic acids is 1. The number of carbonyl (C=O) groups is 1. The van der Waals surface area contributed by atoms with Gasteiger partial charge in [0.25, 0.3) is 15.9 Å². The summed E-state index contributed by atoms with van der Waals surface area (Å²) in [5, 5.41) is 11.8. The van der Waals surface area contributed by atoms with E-state index in [0.717, 1.165) is 24.3 Å². The fourth-order valence-corrected chi connectivity index (χ4v) is 3.21. The van der Waals surface area contributed by atoms with Crippen molar-refractivity contribution in [1.82, 2.24) is 5.32 Å². The van der Waals surface area contributed by atoms with Crippen LogP contribution in [-0.2, 0) is 10.0 Å². The molecular weight excluding hydrogens is 347 g/mol. The molecule has 2 aromatic rings. The molecule has 0 aliphatic carbocycles. The molecule has 0 saturated carbocycles. The Morgan fingerprint density at radius 1 is 1.16 bits per heavy atom. The van der Waals surface area contributed by atoms with Crippen LogP contribution in [0.1, 0.15) is 23.7 Å². The lowest BCUT2D eigenvalue weighted by atomic mass is 10.1. The van der Waals surface area contributed by atoms with Gasteiger partial charge >= 0.3 is 0 Å². The number of hydrogen-bond acceptors (Lipinski definition) is 4. The summed E-state index contributed by atoms with van der Waals surface area (Å²) in [7, 11) is -3.97. The van der Waals surface area contributed by atoms with Crippen molar-refractivity contribution in [3.63, 3.8) is 0 Å². The van der Waals surface area contributed by atoms with Crippen LogP contribution in [0.5, 0.6) is 0 Å². The first-order valence-corrected chi connectivity index (χ1v) is 9.15. The first-order valence-electron chi connectivity index (χ1n) is 7.66. The zero-order valence-electron chi connectivity index (χ0n) is 13.6. The van der Waals surface area contributed by atoms with Gasteiger partial charge in [-0.3, -0.25) is 9.52 Å². The van der Waals surface area contributed by atoms with Gasteiger partial charge < -0.3 is 10.4 Å².